The molecular formula is C13H15N3O. The lowest BCUT2D eigenvalue weighted by Gasteiger charge is -2.16. The second kappa shape index (κ2) is 4.84. The smallest absolute Gasteiger partial charge is 0.329 e. The van der Waals surface area contributed by atoms with Crippen molar-refractivity contribution in [3.63, 3.8) is 0 Å². The van der Waals surface area contributed by atoms with Gasteiger partial charge in [-0.2, -0.15) is 0 Å². The summed E-state index contributed by atoms with van der Waals surface area (Å²) in [6, 6.07) is 13.6. The monoisotopic (exact) mass is 229 g/mol. The molecule has 0 saturated carbocycles. The van der Waals surface area contributed by atoms with Gasteiger partial charge in [0.15, 0.2) is 0 Å². The summed E-state index contributed by atoms with van der Waals surface area (Å²) in [4.78, 5) is 11.2. The molecule has 0 bridgehead atoms. The van der Waals surface area contributed by atoms with Gasteiger partial charge in [-0.25, -0.2) is 10.6 Å². The molecule has 17 heavy (non-hydrogen) atoms. The molecular weight excluding hydrogens is 214 g/mol. The summed E-state index contributed by atoms with van der Waals surface area (Å²) in [6.07, 6.45) is 0. The lowest BCUT2D eigenvalue weighted by molar-refractivity contribution is 0.238. The van der Waals surface area contributed by atoms with Crippen molar-refractivity contribution in [3.8, 4) is 0 Å². The molecule has 2 rings (SSSR count). The van der Waals surface area contributed by atoms with Crippen LogP contribution in [0.25, 0.3) is 10.8 Å². The van der Waals surface area contributed by atoms with Crippen molar-refractivity contribution < 1.29 is 4.79 Å². The van der Waals surface area contributed by atoms with Crippen LogP contribution in [0.4, 0.5) is 4.79 Å². The maximum Gasteiger partial charge on any atom is 0.329 e. The van der Waals surface area contributed by atoms with Gasteiger partial charge in [0.1, 0.15) is 0 Å². The van der Waals surface area contributed by atoms with E-state index in [2.05, 4.69) is 22.9 Å². The fourth-order valence-electron chi connectivity index (χ4n) is 1.94. The number of hydrazine groups is 1. The summed E-state index contributed by atoms with van der Waals surface area (Å²) in [5.74, 6) is 5.05. The number of nitrogens with two attached hydrogens (primary N) is 1. The molecule has 4 N–H and O–H groups in total. The lowest BCUT2D eigenvalue weighted by atomic mass is 10.00. The maximum absolute atomic E-state index is 11.2. The van der Waals surface area contributed by atoms with Crippen LogP contribution in [0, 0.1) is 0 Å². The summed E-state index contributed by atoms with van der Waals surface area (Å²) < 4.78 is 0. The third-order valence-corrected chi connectivity index (χ3v) is 2.77. The van der Waals surface area contributed by atoms with E-state index in [1.165, 1.54) is 0 Å². The van der Waals surface area contributed by atoms with Gasteiger partial charge in [-0.05, 0) is 23.3 Å². The van der Waals surface area contributed by atoms with Crippen molar-refractivity contribution in [1.82, 2.24) is 10.7 Å². The van der Waals surface area contributed by atoms with E-state index in [4.69, 9.17) is 5.84 Å². The number of carbonyl (C=O) groups is 1. The molecule has 0 saturated heterocycles. The minimum Gasteiger partial charge on any atom is -0.331 e. The van der Waals surface area contributed by atoms with E-state index in [9.17, 15) is 4.79 Å². The molecule has 1 atom stereocenters. The molecule has 2 aromatic rings. The predicted molar refractivity (Wildman–Crippen MR) is 68.2 cm³/mol. The van der Waals surface area contributed by atoms with Gasteiger partial charge in [-0.15, -0.1) is 0 Å². The number of fused-ring (bicyclic) bond motifs is 1. The highest BCUT2D eigenvalue weighted by atomic mass is 16.2. The number of benzene rings is 2. The number of hydrogen-bond donors (Lipinski definition) is 3. The third kappa shape index (κ3) is 2.37. The van der Waals surface area contributed by atoms with E-state index in [1.54, 1.807) is 0 Å². The summed E-state index contributed by atoms with van der Waals surface area (Å²) in [7, 11) is 0. The zero-order valence-corrected chi connectivity index (χ0v) is 9.60. The Morgan fingerprint density at radius 3 is 2.65 bits per heavy atom. The van der Waals surface area contributed by atoms with Crippen molar-refractivity contribution in [2.24, 2.45) is 5.84 Å². The van der Waals surface area contributed by atoms with Gasteiger partial charge >= 0.3 is 6.03 Å². The number of nitrogens with one attached hydrogen (secondary N) is 2. The van der Waals surface area contributed by atoms with E-state index >= 15 is 0 Å². The molecule has 0 spiro atoms. The summed E-state index contributed by atoms with van der Waals surface area (Å²) in [5.41, 5.74) is 3.14. The molecule has 0 aliphatic carbocycles. The molecule has 88 valence electrons. The van der Waals surface area contributed by atoms with Crippen LogP contribution in [-0.2, 0) is 0 Å². The Balaban J connectivity index is 2.38. The lowest BCUT2D eigenvalue weighted by Crippen LogP contribution is -2.41. The van der Waals surface area contributed by atoms with Crippen LogP contribution >= 0.6 is 0 Å². The van der Waals surface area contributed by atoms with Crippen LogP contribution in [0.5, 0.6) is 0 Å². The van der Waals surface area contributed by atoms with Gasteiger partial charge < -0.3 is 5.32 Å². The minimum absolute atomic E-state index is 0.0929. The SMILES string of the molecule is CC(NC(=O)NN)c1cccc2ccccc12. The van der Waals surface area contributed by atoms with Crippen molar-refractivity contribution in [2.45, 2.75) is 13.0 Å². The highest BCUT2D eigenvalue weighted by molar-refractivity contribution is 5.86. The Morgan fingerprint density at radius 1 is 1.18 bits per heavy atom. The average Bonchev–Trinajstić information content (AvgIpc) is 2.37. The second-order valence-corrected chi connectivity index (χ2v) is 3.91. The van der Waals surface area contributed by atoms with Gasteiger partial charge in [-0.1, -0.05) is 42.5 Å². The van der Waals surface area contributed by atoms with Crippen molar-refractivity contribution >= 4 is 16.8 Å². The Bertz CT molecular complexity index is 534. The molecule has 0 radical (unpaired) electrons. The third-order valence-electron chi connectivity index (χ3n) is 2.77. The first-order valence-corrected chi connectivity index (χ1v) is 5.47. The molecule has 0 heterocycles. The Morgan fingerprint density at radius 2 is 1.88 bits per heavy atom. The standard InChI is InChI=1S/C13H15N3O/c1-9(15-13(17)16-14)11-8-4-6-10-5-2-3-7-12(10)11/h2-9H,14H2,1H3,(H2,15,16,17). The molecule has 1 unspecified atom stereocenters. The number of carbonyl (C=O) groups excluding carboxylic acids is 1. The summed E-state index contributed by atoms with van der Waals surface area (Å²) in [6.45, 7) is 1.93. The molecule has 0 aliphatic rings. The van der Waals surface area contributed by atoms with Crippen LogP contribution in [0.3, 0.4) is 0 Å². The van der Waals surface area contributed by atoms with Gasteiger partial charge in [-0.3, -0.25) is 5.43 Å². The van der Waals surface area contributed by atoms with Crippen LogP contribution in [-0.4, -0.2) is 6.03 Å². The molecule has 0 aromatic heterocycles. The highest BCUT2D eigenvalue weighted by Crippen LogP contribution is 2.23. The fourth-order valence-corrected chi connectivity index (χ4v) is 1.94. The van der Waals surface area contributed by atoms with Crippen molar-refractivity contribution in [3.05, 3.63) is 48.0 Å². The van der Waals surface area contributed by atoms with Gasteiger partial charge in [0.25, 0.3) is 0 Å². The molecule has 0 fully saturated rings. The first-order chi connectivity index (χ1) is 8.22. The zero-order valence-electron chi connectivity index (χ0n) is 9.60. The molecule has 4 nitrogen and oxygen atoms in total. The Labute approximate surface area is 99.8 Å². The van der Waals surface area contributed by atoms with Gasteiger partial charge in [0.2, 0.25) is 0 Å². The number of amides is 2. The predicted octanol–water partition coefficient (Wildman–Crippen LogP) is 2.07. The van der Waals surface area contributed by atoms with Gasteiger partial charge in [0, 0.05) is 0 Å². The Hall–Kier alpha value is -2.07. The average molecular weight is 229 g/mol. The number of urea groups is 1. The van der Waals surface area contributed by atoms with Crippen LogP contribution < -0.4 is 16.6 Å². The largest absolute Gasteiger partial charge is 0.331 e. The van der Waals surface area contributed by atoms with E-state index in [0.717, 1.165) is 16.3 Å². The summed E-state index contributed by atoms with van der Waals surface area (Å²) >= 11 is 0. The minimum atomic E-state index is -0.384. The van der Waals surface area contributed by atoms with Crippen molar-refractivity contribution in [2.75, 3.05) is 0 Å². The first-order valence-electron chi connectivity index (χ1n) is 5.47. The number of rotatable bonds is 2. The van der Waals surface area contributed by atoms with E-state index in [0.29, 0.717) is 0 Å². The van der Waals surface area contributed by atoms with Crippen LogP contribution in [0.1, 0.15) is 18.5 Å². The van der Waals surface area contributed by atoms with Crippen molar-refractivity contribution in [1.29, 1.82) is 0 Å². The molecule has 4 heteroatoms. The summed E-state index contributed by atoms with van der Waals surface area (Å²) in [5, 5.41) is 5.06. The van der Waals surface area contributed by atoms with Gasteiger partial charge in [0.05, 0.1) is 6.04 Å². The van der Waals surface area contributed by atoms with E-state index in [-0.39, 0.29) is 12.1 Å². The van der Waals surface area contributed by atoms with E-state index in [1.807, 2.05) is 37.3 Å². The molecule has 2 aromatic carbocycles. The molecule has 0 aliphatic heterocycles. The van der Waals surface area contributed by atoms with Crippen LogP contribution in [0.2, 0.25) is 0 Å². The second-order valence-electron chi connectivity index (χ2n) is 3.91. The van der Waals surface area contributed by atoms with Crippen LogP contribution in [0.15, 0.2) is 42.5 Å². The normalized spacial score (nSPS) is 12.1. The topological polar surface area (TPSA) is 67.2 Å². The van der Waals surface area contributed by atoms with E-state index < -0.39 is 0 Å². The zero-order chi connectivity index (χ0) is 12.3. The molecule has 2 amide bonds. The maximum atomic E-state index is 11.2. The highest BCUT2D eigenvalue weighted by Gasteiger charge is 2.10. The fraction of sp³-hybridized carbons (Fsp3) is 0.154. The number of hydrogen-bond acceptors (Lipinski definition) is 2. The first kappa shape index (κ1) is 11.4. The Kier molecular flexibility index (Phi) is 3.25. The quantitative estimate of drug-likeness (QED) is 0.419.